The van der Waals surface area contributed by atoms with Crippen molar-refractivity contribution in [3.8, 4) is 0 Å². The second-order valence-corrected chi connectivity index (χ2v) is 5.23. The van der Waals surface area contributed by atoms with E-state index in [-0.39, 0.29) is 18.6 Å². The molecule has 1 fully saturated rings. The molecule has 0 radical (unpaired) electrons. The summed E-state index contributed by atoms with van der Waals surface area (Å²) in [5.41, 5.74) is 0. The number of amides is 1. The molecule has 1 aliphatic rings. The molecule has 5 heteroatoms. The van der Waals surface area contributed by atoms with Gasteiger partial charge >= 0.3 is 5.97 Å². The Balaban J connectivity index is 2.33. The van der Waals surface area contributed by atoms with E-state index >= 15 is 0 Å². The SMILES string of the molecule is CC1CCCC(NC(=O)CO[C@H](C)C(=O)O)C1C. The molecule has 0 spiro atoms. The van der Waals surface area contributed by atoms with Crippen molar-refractivity contribution >= 4 is 11.9 Å². The first kappa shape index (κ1) is 15.0. The van der Waals surface area contributed by atoms with Crippen LogP contribution in [0.25, 0.3) is 0 Å². The summed E-state index contributed by atoms with van der Waals surface area (Å²) < 4.78 is 4.96. The van der Waals surface area contributed by atoms with Crippen molar-refractivity contribution in [2.45, 2.75) is 52.2 Å². The molecule has 0 aromatic heterocycles. The zero-order chi connectivity index (χ0) is 13.7. The first-order valence-corrected chi connectivity index (χ1v) is 6.55. The van der Waals surface area contributed by atoms with Gasteiger partial charge in [0.1, 0.15) is 6.61 Å². The van der Waals surface area contributed by atoms with Gasteiger partial charge in [-0.3, -0.25) is 4.79 Å². The molecule has 0 aliphatic heterocycles. The topological polar surface area (TPSA) is 75.6 Å². The van der Waals surface area contributed by atoms with E-state index in [9.17, 15) is 9.59 Å². The van der Waals surface area contributed by atoms with E-state index in [1.807, 2.05) is 0 Å². The first-order valence-electron chi connectivity index (χ1n) is 6.55. The number of carboxylic acids is 1. The van der Waals surface area contributed by atoms with Crippen LogP contribution in [0.1, 0.15) is 40.0 Å². The Hall–Kier alpha value is -1.10. The molecule has 5 nitrogen and oxygen atoms in total. The van der Waals surface area contributed by atoms with Gasteiger partial charge < -0.3 is 15.2 Å². The summed E-state index contributed by atoms with van der Waals surface area (Å²) in [5, 5.41) is 11.6. The smallest absolute Gasteiger partial charge is 0.332 e. The van der Waals surface area contributed by atoms with Gasteiger partial charge in [0.25, 0.3) is 0 Å². The quantitative estimate of drug-likeness (QED) is 0.781. The lowest BCUT2D eigenvalue weighted by Crippen LogP contribution is -2.45. The minimum atomic E-state index is -1.05. The molecule has 1 amide bonds. The Morgan fingerprint density at radius 2 is 2.06 bits per heavy atom. The molecule has 0 saturated heterocycles. The highest BCUT2D eigenvalue weighted by molar-refractivity contribution is 5.78. The summed E-state index contributed by atoms with van der Waals surface area (Å²) in [4.78, 5) is 22.2. The van der Waals surface area contributed by atoms with Gasteiger partial charge in [-0.1, -0.05) is 26.7 Å². The van der Waals surface area contributed by atoms with Gasteiger partial charge in [-0.05, 0) is 25.2 Å². The fraction of sp³-hybridized carbons (Fsp3) is 0.846. The number of rotatable bonds is 5. The van der Waals surface area contributed by atoms with E-state index in [1.165, 1.54) is 13.3 Å². The minimum Gasteiger partial charge on any atom is -0.479 e. The van der Waals surface area contributed by atoms with Gasteiger partial charge in [-0.25, -0.2) is 4.79 Å². The Morgan fingerprint density at radius 3 is 2.67 bits per heavy atom. The summed E-state index contributed by atoms with van der Waals surface area (Å²) in [6.45, 7) is 5.58. The number of nitrogens with one attached hydrogen (secondary N) is 1. The molecule has 1 rings (SSSR count). The molecule has 18 heavy (non-hydrogen) atoms. The van der Waals surface area contributed by atoms with Gasteiger partial charge in [0.15, 0.2) is 6.10 Å². The molecule has 1 aliphatic carbocycles. The van der Waals surface area contributed by atoms with E-state index in [0.717, 1.165) is 12.8 Å². The van der Waals surface area contributed by atoms with Gasteiger partial charge in [-0.2, -0.15) is 0 Å². The molecule has 2 N–H and O–H groups in total. The highest BCUT2D eigenvalue weighted by Crippen LogP contribution is 2.29. The lowest BCUT2D eigenvalue weighted by atomic mass is 9.78. The number of carbonyl (C=O) groups is 2. The number of carboxylic acid groups (broad SMARTS) is 1. The van der Waals surface area contributed by atoms with Gasteiger partial charge in [-0.15, -0.1) is 0 Å². The van der Waals surface area contributed by atoms with Crippen LogP contribution in [-0.4, -0.2) is 35.7 Å². The zero-order valence-corrected chi connectivity index (χ0v) is 11.3. The lowest BCUT2D eigenvalue weighted by molar-refractivity contribution is -0.151. The van der Waals surface area contributed by atoms with E-state index in [2.05, 4.69) is 19.2 Å². The summed E-state index contributed by atoms with van der Waals surface area (Å²) in [6.07, 6.45) is 2.38. The van der Waals surface area contributed by atoms with Gasteiger partial charge in [0.05, 0.1) is 0 Å². The average molecular weight is 257 g/mol. The molecule has 0 bridgehead atoms. The van der Waals surface area contributed by atoms with Crippen LogP contribution in [0.4, 0.5) is 0 Å². The van der Waals surface area contributed by atoms with Crippen molar-refractivity contribution in [3.63, 3.8) is 0 Å². The van der Waals surface area contributed by atoms with Crippen LogP contribution >= 0.6 is 0 Å². The molecule has 0 aromatic rings. The van der Waals surface area contributed by atoms with Crippen LogP contribution in [0.15, 0.2) is 0 Å². The number of hydrogen-bond donors (Lipinski definition) is 2. The van der Waals surface area contributed by atoms with Gasteiger partial charge in [0, 0.05) is 6.04 Å². The molecule has 3 unspecified atom stereocenters. The molecule has 4 atom stereocenters. The molecule has 0 aromatic carbocycles. The largest absolute Gasteiger partial charge is 0.479 e. The maximum absolute atomic E-state index is 11.7. The van der Waals surface area contributed by atoms with E-state index < -0.39 is 12.1 Å². The van der Waals surface area contributed by atoms with Crippen LogP contribution in [0.5, 0.6) is 0 Å². The average Bonchev–Trinajstić information content (AvgIpc) is 2.32. The van der Waals surface area contributed by atoms with Crippen LogP contribution in [0.2, 0.25) is 0 Å². The fourth-order valence-corrected chi connectivity index (χ4v) is 2.31. The Bertz CT molecular complexity index is 305. The Kier molecular flexibility index (Phi) is 5.59. The lowest BCUT2D eigenvalue weighted by Gasteiger charge is -2.34. The number of hydrogen-bond acceptors (Lipinski definition) is 3. The third-order valence-electron chi connectivity index (χ3n) is 3.87. The van der Waals surface area contributed by atoms with E-state index in [1.54, 1.807) is 0 Å². The van der Waals surface area contributed by atoms with Gasteiger partial charge in [0.2, 0.25) is 5.91 Å². The highest BCUT2D eigenvalue weighted by atomic mass is 16.5. The van der Waals surface area contributed by atoms with Crippen molar-refractivity contribution < 1.29 is 19.4 Å². The summed E-state index contributed by atoms with van der Waals surface area (Å²) in [5.74, 6) is -0.209. The maximum Gasteiger partial charge on any atom is 0.332 e. The molecular weight excluding hydrogens is 234 g/mol. The maximum atomic E-state index is 11.7. The second-order valence-electron chi connectivity index (χ2n) is 5.23. The first-order chi connectivity index (χ1) is 8.41. The van der Waals surface area contributed by atoms with Crippen LogP contribution in [0.3, 0.4) is 0 Å². The normalized spacial score (nSPS) is 29.6. The molecule has 0 heterocycles. The van der Waals surface area contributed by atoms with E-state index in [4.69, 9.17) is 9.84 Å². The summed E-state index contributed by atoms with van der Waals surface area (Å²) >= 11 is 0. The van der Waals surface area contributed by atoms with Crippen LogP contribution in [-0.2, 0) is 14.3 Å². The minimum absolute atomic E-state index is 0.185. The van der Waals surface area contributed by atoms with Crippen molar-refractivity contribution in [3.05, 3.63) is 0 Å². The second kappa shape index (κ2) is 6.73. The monoisotopic (exact) mass is 257 g/mol. The predicted octanol–water partition coefficient (Wildman–Crippen LogP) is 1.42. The standard InChI is InChI=1S/C13H23NO4/c1-8-5-4-6-11(9(8)2)14-12(15)7-18-10(3)13(16)17/h8-11H,4-7H2,1-3H3,(H,14,15)(H,16,17)/t8?,9?,10-,11?/m1/s1. The third-order valence-corrected chi connectivity index (χ3v) is 3.87. The van der Waals surface area contributed by atoms with Crippen molar-refractivity contribution in [1.29, 1.82) is 0 Å². The van der Waals surface area contributed by atoms with E-state index in [0.29, 0.717) is 11.8 Å². The van der Waals surface area contributed by atoms with Crippen molar-refractivity contribution in [2.75, 3.05) is 6.61 Å². The summed E-state index contributed by atoms with van der Waals surface area (Å²) in [6, 6.07) is 0.185. The number of ether oxygens (including phenoxy) is 1. The summed E-state index contributed by atoms with van der Waals surface area (Å²) in [7, 11) is 0. The predicted molar refractivity (Wildman–Crippen MR) is 67.2 cm³/mol. The zero-order valence-electron chi connectivity index (χ0n) is 11.3. The van der Waals surface area contributed by atoms with Crippen LogP contribution < -0.4 is 5.32 Å². The molecular formula is C13H23NO4. The highest BCUT2D eigenvalue weighted by Gasteiger charge is 2.28. The fourth-order valence-electron chi connectivity index (χ4n) is 2.31. The third kappa shape index (κ3) is 4.29. The number of aliphatic carboxylic acids is 1. The Labute approximate surface area is 108 Å². The number of carbonyl (C=O) groups excluding carboxylic acids is 1. The van der Waals surface area contributed by atoms with Crippen LogP contribution in [0, 0.1) is 11.8 Å². The van der Waals surface area contributed by atoms with Crippen molar-refractivity contribution in [2.24, 2.45) is 11.8 Å². The molecule has 1 saturated carbocycles. The molecule has 104 valence electrons. The van der Waals surface area contributed by atoms with Crippen molar-refractivity contribution in [1.82, 2.24) is 5.32 Å². The Morgan fingerprint density at radius 1 is 1.39 bits per heavy atom.